The molecule has 1 aliphatic heterocycles. The first-order valence-corrected chi connectivity index (χ1v) is 23.8. The van der Waals surface area contributed by atoms with E-state index in [4.69, 9.17) is 14.2 Å². The highest BCUT2D eigenvalue weighted by molar-refractivity contribution is 5.92. The molecule has 6 aromatic carbocycles. The molecule has 0 radical (unpaired) electrons. The van der Waals surface area contributed by atoms with Gasteiger partial charge in [0.25, 0.3) is 0 Å². The van der Waals surface area contributed by atoms with Crippen molar-refractivity contribution in [1.29, 1.82) is 0 Å². The number of amides is 3. The Labute approximate surface area is 409 Å². The Kier molecular flexibility index (Phi) is 14.9. The largest absolute Gasteiger partial charge is 0.481 e. The summed E-state index contributed by atoms with van der Waals surface area (Å²) in [6.45, 7) is 7.05. The fourth-order valence-corrected chi connectivity index (χ4v) is 10.3. The third-order valence-corrected chi connectivity index (χ3v) is 13.3. The number of carbonyl (C=O) groups is 5. The van der Waals surface area contributed by atoms with Crippen LogP contribution in [-0.2, 0) is 45.5 Å². The third kappa shape index (κ3) is 10.5. The fourth-order valence-electron chi connectivity index (χ4n) is 10.3. The van der Waals surface area contributed by atoms with Crippen LogP contribution in [0.15, 0.2) is 170 Å². The summed E-state index contributed by atoms with van der Waals surface area (Å²) in [7, 11) is 0. The Balaban J connectivity index is 1.14. The van der Waals surface area contributed by atoms with Crippen molar-refractivity contribution in [3.63, 3.8) is 0 Å². The van der Waals surface area contributed by atoms with Crippen LogP contribution in [0.4, 0.5) is 4.79 Å². The Bertz CT molecular complexity index is 2640. The number of nitrogens with zero attached hydrogens (tertiary/aromatic N) is 1. The molecule has 12 heteroatoms. The molecule has 0 aromatic heterocycles. The lowest BCUT2D eigenvalue weighted by Crippen LogP contribution is -2.58. The van der Waals surface area contributed by atoms with Gasteiger partial charge in [-0.3, -0.25) is 19.2 Å². The number of benzene rings is 6. The highest BCUT2D eigenvalue weighted by Gasteiger charge is 2.56. The van der Waals surface area contributed by atoms with Crippen molar-refractivity contribution in [1.82, 2.24) is 15.5 Å². The quantitative estimate of drug-likeness (QED) is 0.0563. The van der Waals surface area contributed by atoms with Gasteiger partial charge < -0.3 is 34.9 Å². The molecule has 3 N–H and O–H groups in total. The van der Waals surface area contributed by atoms with E-state index in [-0.39, 0.29) is 31.5 Å². The van der Waals surface area contributed by atoms with Gasteiger partial charge in [-0.2, -0.15) is 0 Å². The van der Waals surface area contributed by atoms with Crippen LogP contribution in [0.2, 0.25) is 0 Å². The SMILES string of the molecule is CC(C)C[C@H]1[C@H]([C@@H](CC(=O)O)C(=O)OCc2ccccc2)OC(C)(C)N1C(=O)[C@H](CC(=O)NC(c1ccccc1)(c1ccccc1)c1ccccc1)NC(=O)OCC1c2ccccc2-c2ccccc21. The molecular weight excluding hydrogens is 883 g/mol. The van der Waals surface area contributed by atoms with Gasteiger partial charge in [-0.05, 0) is 70.7 Å². The lowest BCUT2D eigenvalue weighted by atomic mass is 9.77. The summed E-state index contributed by atoms with van der Waals surface area (Å²) in [5.41, 5.74) is 4.36. The maximum Gasteiger partial charge on any atom is 0.407 e. The minimum atomic E-state index is -1.53. The van der Waals surface area contributed by atoms with Crippen LogP contribution >= 0.6 is 0 Å². The summed E-state index contributed by atoms with van der Waals surface area (Å²) in [6, 6.07) is 51.1. The second kappa shape index (κ2) is 21.4. The van der Waals surface area contributed by atoms with Crippen LogP contribution < -0.4 is 10.6 Å². The smallest absolute Gasteiger partial charge is 0.407 e. The molecule has 0 saturated carbocycles. The number of carbonyl (C=O) groups excluding carboxylic acids is 4. The minimum Gasteiger partial charge on any atom is -0.481 e. The van der Waals surface area contributed by atoms with E-state index in [2.05, 4.69) is 10.6 Å². The fraction of sp³-hybridized carbons (Fsp3) is 0.293. The van der Waals surface area contributed by atoms with Gasteiger partial charge in [0.1, 0.15) is 30.5 Å². The zero-order valence-corrected chi connectivity index (χ0v) is 39.8. The zero-order valence-electron chi connectivity index (χ0n) is 39.8. The number of esters is 1. The molecule has 0 spiro atoms. The van der Waals surface area contributed by atoms with Gasteiger partial charge in [0.05, 0.1) is 30.9 Å². The van der Waals surface area contributed by atoms with Crippen LogP contribution in [0.1, 0.15) is 86.3 Å². The zero-order chi connectivity index (χ0) is 49.4. The summed E-state index contributed by atoms with van der Waals surface area (Å²) in [4.78, 5) is 72.9. The van der Waals surface area contributed by atoms with E-state index in [1.807, 2.05) is 159 Å². The van der Waals surface area contributed by atoms with E-state index in [1.165, 1.54) is 4.90 Å². The predicted molar refractivity (Wildman–Crippen MR) is 265 cm³/mol. The molecule has 6 aromatic rings. The molecule has 1 heterocycles. The van der Waals surface area contributed by atoms with Crippen molar-refractivity contribution in [2.75, 3.05) is 6.61 Å². The molecule has 2 aliphatic rings. The van der Waals surface area contributed by atoms with E-state index in [0.29, 0.717) is 5.56 Å². The standard InChI is InChI=1S/C58H59N3O9/c1-38(2)33-50-53(47(34-52(63)64)55(66)68-36-39-21-9-5-10-22-39)70-57(3,4)61(50)54(65)49(59-56(67)69-37-48-45-31-19-17-29-43(45)44-30-18-20-32-46(44)48)35-51(62)60-58(40-23-11-6-12-24-40,41-25-13-7-14-26-41)42-27-15-8-16-28-42/h5-32,38,47-50,53H,33-37H2,1-4H3,(H,59,67)(H,60,62)(H,63,64)/t47-,49+,50+,53+/m1/s1. The summed E-state index contributed by atoms with van der Waals surface area (Å²) >= 11 is 0. The van der Waals surface area contributed by atoms with Crippen molar-refractivity contribution in [3.05, 3.63) is 203 Å². The molecule has 1 aliphatic carbocycles. The van der Waals surface area contributed by atoms with Crippen LogP contribution in [0.25, 0.3) is 11.1 Å². The maximum atomic E-state index is 15.6. The maximum absolute atomic E-state index is 15.6. The van der Waals surface area contributed by atoms with Gasteiger partial charge in [0, 0.05) is 5.92 Å². The first kappa shape index (κ1) is 48.9. The van der Waals surface area contributed by atoms with Crippen molar-refractivity contribution < 1.29 is 43.3 Å². The Morgan fingerprint density at radius 1 is 0.671 bits per heavy atom. The van der Waals surface area contributed by atoms with Crippen molar-refractivity contribution in [2.45, 2.75) is 88.9 Å². The summed E-state index contributed by atoms with van der Waals surface area (Å²) in [5.74, 6) is -4.97. The molecule has 70 heavy (non-hydrogen) atoms. The number of hydrogen-bond acceptors (Lipinski definition) is 8. The number of carboxylic acid groups (broad SMARTS) is 1. The summed E-state index contributed by atoms with van der Waals surface area (Å²) in [5, 5.41) is 16.3. The number of ether oxygens (including phenoxy) is 3. The molecule has 1 saturated heterocycles. The number of rotatable bonds is 18. The van der Waals surface area contributed by atoms with Crippen LogP contribution in [-0.4, -0.2) is 70.4 Å². The van der Waals surface area contributed by atoms with Gasteiger partial charge in [-0.25, -0.2) is 4.79 Å². The highest BCUT2D eigenvalue weighted by Crippen LogP contribution is 2.45. The molecule has 4 atom stereocenters. The van der Waals surface area contributed by atoms with Gasteiger partial charge in [0.15, 0.2) is 0 Å². The minimum absolute atomic E-state index is 0.0512. The van der Waals surface area contributed by atoms with Crippen molar-refractivity contribution >= 4 is 29.8 Å². The average Bonchev–Trinajstić information content (AvgIpc) is 3.82. The number of fused-ring (bicyclic) bond motifs is 3. The predicted octanol–water partition coefficient (Wildman–Crippen LogP) is 9.60. The lowest BCUT2D eigenvalue weighted by molar-refractivity contribution is -0.164. The Hall–Kier alpha value is -7.57. The van der Waals surface area contributed by atoms with Crippen LogP contribution in [0.3, 0.4) is 0 Å². The molecule has 360 valence electrons. The molecular formula is C58H59N3O9. The Morgan fingerprint density at radius 2 is 1.16 bits per heavy atom. The lowest BCUT2D eigenvalue weighted by Gasteiger charge is -2.39. The second-order valence-electron chi connectivity index (χ2n) is 18.9. The van der Waals surface area contributed by atoms with Gasteiger partial charge in [-0.15, -0.1) is 0 Å². The van der Waals surface area contributed by atoms with E-state index < -0.39 is 78.1 Å². The van der Waals surface area contributed by atoms with Gasteiger partial charge in [0.2, 0.25) is 11.8 Å². The first-order valence-electron chi connectivity index (χ1n) is 23.8. The second-order valence-corrected chi connectivity index (χ2v) is 18.9. The first-order chi connectivity index (χ1) is 33.8. The average molecular weight is 942 g/mol. The topological polar surface area (TPSA) is 161 Å². The number of aliphatic carboxylic acids is 1. The molecule has 0 unspecified atom stereocenters. The summed E-state index contributed by atoms with van der Waals surface area (Å²) in [6.07, 6.45) is -2.94. The monoisotopic (exact) mass is 941 g/mol. The molecule has 8 rings (SSSR count). The Morgan fingerprint density at radius 3 is 1.66 bits per heavy atom. The molecule has 12 nitrogen and oxygen atoms in total. The van der Waals surface area contributed by atoms with E-state index in [9.17, 15) is 19.5 Å². The molecule has 3 amide bonds. The van der Waals surface area contributed by atoms with Gasteiger partial charge in [-0.1, -0.05) is 184 Å². The number of carboxylic acids is 1. The normalized spacial score (nSPS) is 16.9. The van der Waals surface area contributed by atoms with E-state index >= 15 is 9.59 Å². The van der Waals surface area contributed by atoms with E-state index in [1.54, 1.807) is 38.1 Å². The van der Waals surface area contributed by atoms with Crippen molar-refractivity contribution in [3.8, 4) is 11.1 Å². The highest BCUT2D eigenvalue weighted by atomic mass is 16.6. The number of nitrogens with one attached hydrogen (secondary N) is 2. The summed E-state index contributed by atoms with van der Waals surface area (Å²) < 4.78 is 18.4. The van der Waals surface area contributed by atoms with Crippen molar-refractivity contribution in [2.24, 2.45) is 11.8 Å². The van der Waals surface area contributed by atoms with Crippen LogP contribution in [0.5, 0.6) is 0 Å². The third-order valence-electron chi connectivity index (χ3n) is 13.3. The number of alkyl carbamates (subject to hydrolysis) is 1. The van der Waals surface area contributed by atoms with Crippen LogP contribution in [0, 0.1) is 11.8 Å². The number of hydrogen-bond donors (Lipinski definition) is 3. The van der Waals surface area contributed by atoms with Gasteiger partial charge >= 0.3 is 18.0 Å². The van der Waals surface area contributed by atoms with E-state index in [0.717, 1.165) is 38.9 Å². The molecule has 1 fully saturated rings. The molecule has 0 bridgehead atoms.